The lowest BCUT2D eigenvalue weighted by Gasteiger charge is -2.06. The van der Waals surface area contributed by atoms with Crippen LogP contribution in [0.2, 0.25) is 0 Å². The molecule has 0 aromatic carbocycles. The van der Waals surface area contributed by atoms with E-state index in [4.69, 9.17) is 10.5 Å². The number of hydrogen-bond acceptors (Lipinski definition) is 4. The Labute approximate surface area is 78.0 Å². The van der Waals surface area contributed by atoms with E-state index in [1.807, 2.05) is 0 Å². The van der Waals surface area contributed by atoms with Crippen molar-refractivity contribution in [3.63, 3.8) is 0 Å². The minimum atomic E-state index is -3.38. The van der Waals surface area contributed by atoms with Gasteiger partial charge < -0.3 is 10.5 Å². The van der Waals surface area contributed by atoms with Crippen molar-refractivity contribution in [2.45, 2.75) is 18.5 Å². The molecule has 1 aliphatic carbocycles. The summed E-state index contributed by atoms with van der Waals surface area (Å²) < 4.78 is 31.8. The first-order valence-corrected chi connectivity index (χ1v) is 5.55. The molecule has 0 radical (unpaired) electrons. The van der Waals surface area contributed by atoms with E-state index in [0.717, 1.165) is 0 Å². The van der Waals surface area contributed by atoms with Crippen LogP contribution in [-0.2, 0) is 14.9 Å². The van der Waals surface area contributed by atoms with Gasteiger partial charge in [-0.3, -0.25) is 0 Å². The van der Waals surface area contributed by atoms with Crippen molar-refractivity contribution in [2.24, 2.45) is 5.73 Å². The smallest absolute Gasteiger partial charge is 0.277 e. The van der Waals surface area contributed by atoms with Gasteiger partial charge in [0, 0.05) is 25.7 Å². The van der Waals surface area contributed by atoms with Crippen LogP contribution in [0.4, 0.5) is 0 Å². The van der Waals surface area contributed by atoms with E-state index >= 15 is 0 Å². The van der Waals surface area contributed by atoms with Crippen molar-refractivity contribution < 1.29 is 13.2 Å². The molecular formula is C6H15N3O3S. The Bertz CT molecular complexity index is 254. The van der Waals surface area contributed by atoms with Gasteiger partial charge in [-0.25, -0.2) is 0 Å². The van der Waals surface area contributed by atoms with E-state index in [2.05, 4.69) is 9.44 Å². The Kier molecular flexibility index (Phi) is 3.63. The lowest BCUT2D eigenvalue weighted by atomic mass is 10.7. The van der Waals surface area contributed by atoms with Gasteiger partial charge in [0.05, 0.1) is 6.61 Å². The van der Waals surface area contributed by atoms with Crippen molar-refractivity contribution >= 4 is 10.2 Å². The molecule has 6 nitrogen and oxygen atoms in total. The van der Waals surface area contributed by atoms with E-state index in [-0.39, 0.29) is 18.6 Å². The molecule has 2 unspecified atom stereocenters. The zero-order chi connectivity index (χ0) is 9.90. The summed E-state index contributed by atoms with van der Waals surface area (Å²) in [6, 6.07) is -0.126. The van der Waals surface area contributed by atoms with Crippen LogP contribution in [0.3, 0.4) is 0 Å². The molecule has 0 aliphatic heterocycles. The monoisotopic (exact) mass is 209 g/mol. The summed E-state index contributed by atoms with van der Waals surface area (Å²) in [6.07, 6.45) is 0.713. The Balaban J connectivity index is 2.21. The summed E-state index contributed by atoms with van der Waals surface area (Å²) in [5.74, 6) is 0. The predicted molar refractivity (Wildman–Crippen MR) is 48.3 cm³/mol. The standard InChI is InChI=1S/C6H15N3O3S/c1-12-3-2-8-13(10,11)9-6-4-5(6)7/h5-6,8-9H,2-4,7H2,1H3. The van der Waals surface area contributed by atoms with Gasteiger partial charge in [0.25, 0.3) is 10.2 Å². The molecule has 0 spiro atoms. The van der Waals surface area contributed by atoms with E-state index < -0.39 is 10.2 Å². The third kappa shape index (κ3) is 4.01. The third-order valence-corrected chi connectivity index (χ3v) is 2.94. The summed E-state index contributed by atoms with van der Waals surface area (Å²) in [6.45, 7) is 0.630. The molecule has 0 saturated heterocycles. The van der Waals surface area contributed by atoms with Gasteiger partial charge in [-0.15, -0.1) is 0 Å². The van der Waals surface area contributed by atoms with Crippen LogP contribution in [0.1, 0.15) is 6.42 Å². The number of rotatable bonds is 6. The van der Waals surface area contributed by atoms with Crippen LogP contribution < -0.4 is 15.2 Å². The minimum Gasteiger partial charge on any atom is -0.383 e. The lowest BCUT2D eigenvalue weighted by molar-refractivity contribution is 0.204. The summed E-state index contributed by atoms with van der Waals surface area (Å²) in [7, 11) is -1.87. The van der Waals surface area contributed by atoms with Gasteiger partial charge >= 0.3 is 0 Å². The maximum Gasteiger partial charge on any atom is 0.277 e. The molecule has 1 rings (SSSR count). The van der Waals surface area contributed by atoms with Gasteiger partial charge in [-0.1, -0.05) is 0 Å². The van der Waals surface area contributed by atoms with Crippen LogP contribution in [0, 0.1) is 0 Å². The minimum absolute atomic E-state index is 0.0287. The molecule has 0 heterocycles. The van der Waals surface area contributed by atoms with Gasteiger partial charge in [0.2, 0.25) is 0 Å². The van der Waals surface area contributed by atoms with E-state index in [1.54, 1.807) is 0 Å². The zero-order valence-electron chi connectivity index (χ0n) is 7.49. The highest BCUT2D eigenvalue weighted by Crippen LogP contribution is 2.18. The predicted octanol–water partition coefficient (Wildman–Crippen LogP) is -1.84. The average Bonchev–Trinajstić information content (AvgIpc) is 2.65. The Morgan fingerprint density at radius 3 is 2.69 bits per heavy atom. The molecule has 4 N–H and O–H groups in total. The first-order chi connectivity index (χ1) is 6.05. The van der Waals surface area contributed by atoms with Crippen LogP contribution >= 0.6 is 0 Å². The molecule has 0 bridgehead atoms. The fourth-order valence-electron chi connectivity index (χ4n) is 0.869. The van der Waals surface area contributed by atoms with Gasteiger partial charge in [-0.05, 0) is 6.42 Å². The van der Waals surface area contributed by atoms with E-state index in [1.165, 1.54) is 7.11 Å². The second kappa shape index (κ2) is 4.34. The molecule has 1 saturated carbocycles. The second-order valence-corrected chi connectivity index (χ2v) is 4.55. The van der Waals surface area contributed by atoms with Gasteiger partial charge in [0.1, 0.15) is 0 Å². The van der Waals surface area contributed by atoms with E-state index in [9.17, 15) is 8.42 Å². The molecule has 1 fully saturated rings. The molecule has 7 heteroatoms. The van der Waals surface area contributed by atoms with E-state index in [0.29, 0.717) is 13.0 Å². The topological polar surface area (TPSA) is 93.4 Å². The summed E-state index contributed by atoms with van der Waals surface area (Å²) in [5, 5.41) is 0. The maximum absolute atomic E-state index is 11.2. The SMILES string of the molecule is COCCNS(=O)(=O)NC1CC1N. The number of nitrogens with two attached hydrogens (primary N) is 1. The zero-order valence-corrected chi connectivity index (χ0v) is 8.30. The van der Waals surface area contributed by atoms with Crippen LogP contribution in [0.5, 0.6) is 0 Å². The number of hydrogen-bond donors (Lipinski definition) is 3. The number of nitrogens with one attached hydrogen (secondary N) is 2. The summed E-state index contributed by atoms with van der Waals surface area (Å²) in [4.78, 5) is 0. The number of ether oxygens (including phenoxy) is 1. The largest absolute Gasteiger partial charge is 0.383 e. The Hall–Kier alpha value is -0.210. The second-order valence-electron chi connectivity index (χ2n) is 3.01. The van der Waals surface area contributed by atoms with Crippen molar-refractivity contribution in [2.75, 3.05) is 20.3 Å². The molecular weight excluding hydrogens is 194 g/mol. The first-order valence-electron chi connectivity index (χ1n) is 4.06. The molecule has 0 amide bonds. The third-order valence-electron chi connectivity index (χ3n) is 1.74. The van der Waals surface area contributed by atoms with Crippen molar-refractivity contribution in [3.8, 4) is 0 Å². The van der Waals surface area contributed by atoms with Crippen LogP contribution in [0.25, 0.3) is 0 Å². The maximum atomic E-state index is 11.2. The molecule has 0 aromatic rings. The number of methoxy groups -OCH3 is 1. The van der Waals surface area contributed by atoms with Crippen molar-refractivity contribution in [3.05, 3.63) is 0 Å². The Morgan fingerprint density at radius 2 is 2.23 bits per heavy atom. The molecule has 78 valence electrons. The Morgan fingerprint density at radius 1 is 1.62 bits per heavy atom. The van der Waals surface area contributed by atoms with Gasteiger partial charge in [0.15, 0.2) is 0 Å². The average molecular weight is 209 g/mol. The highest BCUT2D eigenvalue weighted by molar-refractivity contribution is 7.87. The normalized spacial score (nSPS) is 27.5. The molecule has 1 aliphatic rings. The molecule has 13 heavy (non-hydrogen) atoms. The highest BCUT2D eigenvalue weighted by Gasteiger charge is 2.36. The highest BCUT2D eigenvalue weighted by atomic mass is 32.2. The van der Waals surface area contributed by atoms with Crippen molar-refractivity contribution in [1.29, 1.82) is 0 Å². The van der Waals surface area contributed by atoms with Crippen LogP contribution in [-0.4, -0.2) is 40.8 Å². The van der Waals surface area contributed by atoms with Crippen molar-refractivity contribution in [1.82, 2.24) is 9.44 Å². The van der Waals surface area contributed by atoms with Crippen LogP contribution in [0.15, 0.2) is 0 Å². The summed E-state index contributed by atoms with van der Waals surface area (Å²) >= 11 is 0. The van der Waals surface area contributed by atoms with Gasteiger partial charge in [-0.2, -0.15) is 17.9 Å². The first kappa shape index (κ1) is 10.9. The fourth-order valence-corrected chi connectivity index (χ4v) is 1.97. The quantitative estimate of drug-likeness (QED) is 0.448. The fraction of sp³-hybridized carbons (Fsp3) is 1.00. The molecule has 0 aromatic heterocycles. The summed E-state index contributed by atoms with van der Waals surface area (Å²) in [5.41, 5.74) is 5.45. The lowest BCUT2D eigenvalue weighted by Crippen LogP contribution is -2.40. The molecule has 2 atom stereocenters.